The predicted octanol–water partition coefficient (Wildman–Crippen LogP) is 4.94. The number of nitrogens with zero attached hydrogens (tertiary/aromatic N) is 1. The summed E-state index contributed by atoms with van der Waals surface area (Å²) in [5, 5.41) is 11.8. The van der Waals surface area contributed by atoms with Crippen molar-refractivity contribution in [3.63, 3.8) is 0 Å². The molecule has 0 bridgehead atoms. The molecule has 1 heterocycles. The summed E-state index contributed by atoms with van der Waals surface area (Å²) in [6.07, 6.45) is 1.47. The van der Waals surface area contributed by atoms with Gasteiger partial charge in [-0.05, 0) is 35.0 Å². The summed E-state index contributed by atoms with van der Waals surface area (Å²) >= 11 is 9.36. The van der Waals surface area contributed by atoms with Gasteiger partial charge in [0.25, 0.3) is 0 Å². The topological polar surface area (TPSA) is 42.4 Å². The van der Waals surface area contributed by atoms with Crippen molar-refractivity contribution >= 4 is 38.3 Å². The van der Waals surface area contributed by atoms with Gasteiger partial charge in [0, 0.05) is 22.3 Å². The van der Waals surface area contributed by atoms with Crippen LogP contribution in [0.1, 0.15) is 5.56 Å². The van der Waals surface area contributed by atoms with Crippen LogP contribution in [0.15, 0.2) is 53.1 Å². The summed E-state index contributed by atoms with van der Waals surface area (Å²) in [7, 11) is 0. The molecule has 0 aliphatic rings. The van der Waals surface area contributed by atoms with Gasteiger partial charge >= 0.3 is 0 Å². The van der Waals surface area contributed by atoms with Gasteiger partial charge in [0.1, 0.15) is 5.75 Å². The zero-order valence-electron chi connectivity index (χ0n) is 10.9. The van der Waals surface area contributed by atoms with E-state index in [-0.39, 0.29) is 6.61 Å². The first kappa shape index (κ1) is 14.3. The molecule has 0 atom stereocenters. The van der Waals surface area contributed by atoms with E-state index in [1.54, 1.807) is 6.07 Å². The number of rotatable bonds is 3. The third-order valence-electron chi connectivity index (χ3n) is 3.08. The number of hydrogen-bond acceptors (Lipinski definition) is 3. The van der Waals surface area contributed by atoms with E-state index in [0.29, 0.717) is 22.2 Å². The van der Waals surface area contributed by atoms with Crippen molar-refractivity contribution in [3.05, 3.63) is 63.7 Å². The Kier molecular flexibility index (Phi) is 4.10. The maximum Gasteiger partial charge on any atom is 0.219 e. The molecule has 0 saturated heterocycles. The molecule has 106 valence electrons. The third kappa shape index (κ3) is 3.18. The Morgan fingerprint density at radius 2 is 1.86 bits per heavy atom. The second-order valence-electron chi connectivity index (χ2n) is 4.53. The van der Waals surface area contributed by atoms with Gasteiger partial charge in [-0.2, -0.15) is 0 Å². The quantitative estimate of drug-likeness (QED) is 0.716. The van der Waals surface area contributed by atoms with Crippen LogP contribution in [0, 0.1) is 0 Å². The molecule has 0 unspecified atom stereocenters. The maximum atomic E-state index is 9.20. The van der Waals surface area contributed by atoms with E-state index >= 15 is 0 Å². The highest BCUT2D eigenvalue weighted by atomic mass is 79.9. The molecular formula is C16H11BrClNO2. The highest BCUT2D eigenvalue weighted by Gasteiger charge is 2.05. The van der Waals surface area contributed by atoms with Crippen LogP contribution in [0.25, 0.3) is 10.8 Å². The van der Waals surface area contributed by atoms with Gasteiger partial charge in [0.2, 0.25) is 5.88 Å². The second kappa shape index (κ2) is 6.02. The molecule has 21 heavy (non-hydrogen) atoms. The summed E-state index contributed by atoms with van der Waals surface area (Å²) in [4.78, 5) is 4.10. The van der Waals surface area contributed by atoms with Crippen LogP contribution in [0.3, 0.4) is 0 Å². The minimum atomic E-state index is -0.149. The summed E-state index contributed by atoms with van der Waals surface area (Å²) in [5.41, 5.74) is 0.589. The number of aliphatic hydroxyl groups is 1. The summed E-state index contributed by atoms with van der Waals surface area (Å²) < 4.78 is 6.76. The number of fused-ring (bicyclic) bond motifs is 1. The molecule has 0 saturated carbocycles. The first-order chi connectivity index (χ1) is 10.2. The largest absolute Gasteiger partial charge is 0.439 e. The maximum absolute atomic E-state index is 9.20. The molecule has 0 radical (unpaired) electrons. The van der Waals surface area contributed by atoms with Gasteiger partial charge in [-0.15, -0.1) is 0 Å². The standard InChI is InChI=1S/C16H11BrClNO2/c17-13-3-1-11-6-14(4-2-10(11)5-13)21-16-7-12(9-20)15(18)8-19-16/h1-8,20H,9H2. The molecule has 5 heteroatoms. The summed E-state index contributed by atoms with van der Waals surface area (Å²) in [6.45, 7) is -0.149. The molecule has 3 nitrogen and oxygen atoms in total. The predicted molar refractivity (Wildman–Crippen MR) is 86.9 cm³/mol. The normalized spacial score (nSPS) is 10.8. The number of ether oxygens (including phenoxy) is 1. The average molecular weight is 365 g/mol. The molecule has 3 rings (SSSR count). The lowest BCUT2D eigenvalue weighted by atomic mass is 10.1. The van der Waals surface area contributed by atoms with E-state index in [4.69, 9.17) is 16.3 Å². The Balaban J connectivity index is 1.92. The Labute approximate surface area is 135 Å². The van der Waals surface area contributed by atoms with Crippen LogP contribution in [0.2, 0.25) is 5.02 Å². The monoisotopic (exact) mass is 363 g/mol. The van der Waals surface area contributed by atoms with Crippen LogP contribution in [-0.2, 0) is 6.61 Å². The van der Waals surface area contributed by atoms with Gasteiger partial charge in [0.05, 0.1) is 11.6 Å². The lowest BCUT2D eigenvalue weighted by Crippen LogP contribution is -1.92. The minimum Gasteiger partial charge on any atom is -0.439 e. The van der Waals surface area contributed by atoms with Crippen molar-refractivity contribution in [2.24, 2.45) is 0 Å². The van der Waals surface area contributed by atoms with Crippen molar-refractivity contribution in [2.45, 2.75) is 6.61 Å². The second-order valence-corrected chi connectivity index (χ2v) is 5.85. The molecule has 3 aromatic rings. The fourth-order valence-electron chi connectivity index (χ4n) is 2.01. The molecule has 0 fully saturated rings. The Hall–Kier alpha value is -1.62. The smallest absolute Gasteiger partial charge is 0.219 e. The average Bonchev–Trinajstić information content (AvgIpc) is 2.49. The molecule has 0 spiro atoms. The highest BCUT2D eigenvalue weighted by Crippen LogP contribution is 2.28. The highest BCUT2D eigenvalue weighted by molar-refractivity contribution is 9.10. The van der Waals surface area contributed by atoms with E-state index in [1.165, 1.54) is 6.20 Å². The van der Waals surface area contributed by atoms with Gasteiger partial charge in [-0.3, -0.25) is 0 Å². The lowest BCUT2D eigenvalue weighted by Gasteiger charge is -2.08. The van der Waals surface area contributed by atoms with E-state index in [1.807, 2.05) is 36.4 Å². The molecule has 1 aromatic heterocycles. The van der Waals surface area contributed by atoms with E-state index < -0.39 is 0 Å². The van der Waals surface area contributed by atoms with Crippen LogP contribution in [0.4, 0.5) is 0 Å². The van der Waals surface area contributed by atoms with Gasteiger partial charge in [0.15, 0.2) is 0 Å². The Bertz CT molecular complexity index is 807. The molecule has 0 aliphatic heterocycles. The summed E-state index contributed by atoms with van der Waals surface area (Å²) in [5.74, 6) is 1.09. The van der Waals surface area contributed by atoms with E-state index in [2.05, 4.69) is 20.9 Å². The van der Waals surface area contributed by atoms with Gasteiger partial charge in [-0.25, -0.2) is 4.98 Å². The lowest BCUT2D eigenvalue weighted by molar-refractivity contribution is 0.281. The number of halogens is 2. The van der Waals surface area contributed by atoms with E-state index in [0.717, 1.165) is 15.2 Å². The van der Waals surface area contributed by atoms with Crippen molar-refractivity contribution in [3.8, 4) is 11.6 Å². The molecule has 2 aromatic carbocycles. The third-order valence-corrected chi connectivity index (χ3v) is 3.91. The molecular weight excluding hydrogens is 354 g/mol. The fourth-order valence-corrected chi connectivity index (χ4v) is 2.56. The van der Waals surface area contributed by atoms with Crippen molar-refractivity contribution < 1.29 is 9.84 Å². The molecule has 0 aliphatic carbocycles. The zero-order valence-corrected chi connectivity index (χ0v) is 13.2. The van der Waals surface area contributed by atoms with Gasteiger partial charge in [-0.1, -0.05) is 39.7 Å². The van der Waals surface area contributed by atoms with Crippen molar-refractivity contribution in [2.75, 3.05) is 0 Å². The number of aromatic nitrogens is 1. The van der Waals surface area contributed by atoms with Crippen molar-refractivity contribution in [1.29, 1.82) is 0 Å². The van der Waals surface area contributed by atoms with Crippen LogP contribution >= 0.6 is 27.5 Å². The SMILES string of the molecule is OCc1cc(Oc2ccc3cc(Br)ccc3c2)ncc1Cl. The van der Waals surface area contributed by atoms with Crippen LogP contribution in [-0.4, -0.2) is 10.1 Å². The van der Waals surface area contributed by atoms with Crippen LogP contribution < -0.4 is 4.74 Å². The first-order valence-electron chi connectivity index (χ1n) is 6.28. The van der Waals surface area contributed by atoms with E-state index in [9.17, 15) is 5.11 Å². The number of pyridine rings is 1. The van der Waals surface area contributed by atoms with Crippen molar-refractivity contribution in [1.82, 2.24) is 4.98 Å². The Morgan fingerprint density at radius 3 is 2.67 bits per heavy atom. The number of hydrogen-bond donors (Lipinski definition) is 1. The summed E-state index contributed by atoms with van der Waals surface area (Å²) in [6, 6.07) is 13.5. The first-order valence-corrected chi connectivity index (χ1v) is 7.45. The number of benzene rings is 2. The number of aliphatic hydroxyl groups excluding tert-OH is 1. The fraction of sp³-hybridized carbons (Fsp3) is 0.0625. The van der Waals surface area contributed by atoms with Gasteiger partial charge < -0.3 is 9.84 Å². The molecule has 0 amide bonds. The van der Waals surface area contributed by atoms with Crippen LogP contribution in [0.5, 0.6) is 11.6 Å². The minimum absolute atomic E-state index is 0.149. The zero-order chi connectivity index (χ0) is 14.8. The molecule has 1 N–H and O–H groups in total. The Morgan fingerprint density at radius 1 is 1.10 bits per heavy atom.